The highest BCUT2D eigenvalue weighted by atomic mass is 16.5. The molecule has 2 aromatic heterocycles. The van der Waals surface area contributed by atoms with Crippen molar-refractivity contribution >= 4 is 0 Å². The summed E-state index contributed by atoms with van der Waals surface area (Å²) in [4.78, 5) is 3.98. The number of rotatable bonds is 2. The second-order valence-electron chi connectivity index (χ2n) is 4.48. The highest BCUT2D eigenvalue weighted by Crippen LogP contribution is 2.25. The molecule has 1 fully saturated rings. The summed E-state index contributed by atoms with van der Waals surface area (Å²) in [6, 6.07) is 2.11. The van der Waals surface area contributed by atoms with Gasteiger partial charge in [-0.15, -0.1) is 0 Å². The standard InChI is InChI=1S/C13H15N3O2/c17-13-5-10(6-14-8-13)11-7-15-16(9-11)12-1-3-18-4-2-12/h5-9,12,17H,1-4H2. The molecule has 2 aromatic rings. The van der Waals surface area contributed by atoms with Gasteiger partial charge < -0.3 is 9.84 Å². The minimum Gasteiger partial charge on any atom is -0.506 e. The molecular formula is C13H15N3O2. The fourth-order valence-electron chi connectivity index (χ4n) is 2.22. The summed E-state index contributed by atoms with van der Waals surface area (Å²) in [6.07, 6.45) is 8.97. The Morgan fingerprint density at radius 2 is 2.00 bits per heavy atom. The van der Waals surface area contributed by atoms with Crippen LogP contribution >= 0.6 is 0 Å². The number of nitrogens with zero attached hydrogens (tertiary/aromatic N) is 3. The minimum absolute atomic E-state index is 0.173. The van der Waals surface area contributed by atoms with E-state index in [1.165, 1.54) is 6.20 Å². The van der Waals surface area contributed by atoms with E-state index in [0.29, 0.717) is 6.04 Å². The Balaban J connectivity index is 1.84. The Labute approximate surface area is 105 Å². The van der Waals surface area contributed by atoms with Crippen LogP contribution in [-0.2, 0) is 4.74 Å². The molecule has 0 saturated carbocycles. The highest BCUT2D eigenvalue weighted by molar-refractivity contribution is 5.61. The molecule has 1 aliphatic rings. The van der Waals surface area contributed by atoms with Crippen LogP contribution in [0.5, 0.6) is 5.75 Å². The molecule has 0 radical (unpaired) electrons. The molecule has 1 saturated heterocycles. The maximum Gasteiger partial charge on any atom is 0.134 e. The topological polar surface area (TPSA) is 60.2 Å². The van der Waals surface area contributed by atoms with Crippen LogP contribution < -0.4 is 0 Å². The van der Waals surface area contributed by atoms with Gasteiger partial charge in [-0.05, 0) is 18.9 Å². The summed E-state index contributed by atoms with van der Waals surface area (Å²) >= 11 is 0. The smallest absolute Gasteiger partial charge is 0.134 e. The van der Waals surface area contributed by atoms with Gasteiger partial charge in [0.25, 0.3) is 0 Å². The van der Waals surface area contributed by atoms with Crippen LogP contribution in [0.25, 0.3) is 11.1 Å². The molecule has 3 heterocycles. The zero-order valence-electron chi connectivity index (χ0n) is 9.99. The van der Waals surface area contributed by atoms with Crippen molar-refractivity contribution in [1.82, 2.24) is 14.8 Å². The summed E-state index contributed by atoms with van der Waals surface area (Å²) in [5.41, 5.74) is 1.86. The Hall–Kier alpha value is -1.88. The lowest BCUT2D eigenvalue weighted by molar-refractivity contribution is 0.0662. The average Bonchev–Trinajstić information content (AvgIpc) is 2.89. The first-order chi connectivity index (χ1) is 8.83. The van der Waals surface area contributed by atoms with Gasteiger partial charge >= 0.3 is 0 Å². The molecule has 1 N–H and O–H groups in total. The Morgan fingerprint density at radius 1 is 1.17 bits per heavy atom. The molecule has 0 spiro atoms. The third kappa shape index (κ3) is 2.22. The first kappa shape index (κ1) is 11.2. The van der Waals surface area contributed by atoms with E-state index in [-0.39, 0.29) is 5.75 Å². The first-order valence-corrected chi connectivity index (χ1v) is 6.09. The Kier molecular flexibility index (Phi) is 2.98. The van der Waals surface area contributed by atoms with E-state index in [9.17, 15) is 5.11 Å². The molecule has 1 aliphatic heterocycles. The van der Waals surface area contributed by atoms with Gasteiger partial charge in [0.2, 0.25) is 0 Å². The largest absolute Gasteiger partial charge is 0.506 e. The van der Waals surface area contributed by atoms with Crippen molar-refractivity contribution in [2.45, 2.75) is 18.9 Å². The van der Waals surface area contributed by atoms with E-state index in [1.54, 1.807) is 12.3 Å². The van der Waals surface area contributed by atoms with Gasteiger partial charge in [-0.25, -0.2) is 0 Å². The lowest BCUT2D eigenvalue weighted by Gasteiger charge is -2.22. The minimum atomic E-state index is 0.173. The fraction of sp³-hybridized carbons (Fsp3) is 0.385. The number of ether oxygens (including phenoxy) is 1. The highest BCUT2D eigenvalue weighted by Gasteiger charge is 2.16. The maximum absolute atomic E-state index is 9.42. The first-order valence-electron chi connectivity index (χ1n) is 6.09. The van der Waals surface area contributed by atoms with Crippen LogP contribution in [0.4, 0.5) is 0 Å². The third-order valence-electron chi connectivity index (χ3n) is 3.22. The lowest BCUT2D eigenvalue weighted by Crippen LogP contribution is -2.19. The molecule has 0 bridgehead atoms. The zero-order valence-corrected chi connectivity index (χ0v) is 9.99. The predicted octanol–water partition coefficient (Wildman–Crippen LogP) is 2.00. The molecular weight excluding hydrogens is 230 g/mol. The fourth-order valence-corrected chi connectivity index (χ4v) is 2.22. The van der Waals surface area contributed by atoms with Crippen LogP contribution in [0.2, 0.25) is 0 Å². The van der Waals surface area contributed by atoms with E-state index in [1.807, 2.05) is 17.1 Å². The predicted molar refractivity (Wildman–Crippen MR) is 66.2 cm³/mol. The quantitative estimate of drug-likeness (QED) is 0.879. The van der Waals surface area contributed by atoms with Gasteiger partial charge in [0.15, 0.2) is 0 Å². The molecule has 94 valence electrons. The number of aromatic nitrogens is 3. The molecule has 0 atom stereocenters. The van der Waals surface area contributed by atoms with Crippen molar-refractivity contribution in [1.29, 1.82) is 0 Å². The van der Waals surface area contributed by atoms with Crippen molar-refractivity contribution in [2.75, 3.05) is 13.2 Å². The van der Waals surface area contributed by atoms with E-state index in [4.69, 9.17) is 4.74 Å². The number of aromatic hydroxyl groups is 1. The molecule has 0 aromatic carbocycles. The second-order valence-corrected chi connectivity index (χ2v) is 4.48. The van der Waals surface area contributed by atoms with Gasteiger partial charge in [0, 0.05) is 36.7 Å². The number of hydrogen-bond acceptors (Lipinski definition) is 4. The van der Waals surface area contributed by atoms with Crippen LogP contribution in [0.3, 0.4) is 0 Å². The molecule has 5 nitrogen and oxygen atoms in total. The number of pyridine rings is 1. The lowest BCUT2D eigenvalue weighted by atomic mass is 10.1. The average molecular weight is 245 g/mol. The van der Waals surface area contributed by atoms with E-state index in [2.05, 4.69) is 10.1 Å². The van der Waals surface area contributed by atoms with Crippen molar-refractivity contribution < 1.29 is 9.84 Å². The van der Waals surface area contributed by atoms with Gasteiger partial charge in [0.1, 0.15) is 5.75 Å². The summed E-state index contributed by atoms with van der Waals surface area (Å²) in [5, 5.41) is 13.8. The molecule has 18 heavy (non-hydrogen) atoms. The van der Waals surface area contributed by atoms with Gasteiger partial charge in [-0.1, -0.05) is 0 Å². The van der Waals surface area contributed by atoms with Crippen molar-refractivity contribution in [2.24, 2.45) is 0 Å². The van der Waals surface area contributed by atoms with Crippen molar-refractivity contribution in [3.8, 4) is 16.9 Å². The summed E-state index contributed by atoms with van der Waals surface area (Å²) < 4.78 is 7.33. The molecule has 0 aliphatic carbocycles. The summed E-state index contributed by atoms with van der Waals surface area (Å²) in [6.45, 7) is 1.60. The van der Waals surface area contributed by atoms with Crippen molar-refractivity contribution in [3.63, 3.8) is 0 Å². The SMILES string of the molecule is Oc1cncc(-c2cnn(C3CCOCC3)c2)c1. The normalized spacial score (nSPS) is 16.9. The van der Waals surface area contributed by atoms with Crippen LogP contribution in [0.1, 0.15) is 18.9 Å². The Bertz CT molecular complexity index is 533. The van der Waals surface area contributed by atoms with Gasteiger partial charge in [-0.2, -0.15) is 5.10 Å². The second kappa shape index (κ2) is 4.78. The zero-order chi connectivity index (χ0) is 12.4. The summed E-state index contributed by atoms with van der Waals surface area (Å²) in [7, 11) is 0. The Morgan fingerprint density at radius 3 is 2.78 bits per heavy atom. The van der Waals surface area contributed by atoms with E-state index >= 15 is 0 Å². The van der Waals surface area contributed by atoms with E-state index in [0.717, 1.165) is 37.2 Å². The van der Waals surface area contributed by atoms with Crippen molar-refractivity contribution in [3.05, 3.63) is 30.9 Å². The summed E-state index contributed by atoms with van der Waals surface area (Å²) in [5.74, 6) is 0.173. The molecule has 0 amide bonds. The van der Waals surface area contributed by atoms with Crippen LogP contribution in [0.15, 0.2) is 30.9 Å². The van der Waals surface area contributed by atoms with Crippen LogP contribution in [-0.4, -0.2) is 33.1 Å². The molecule has 3 rings (SSSR count). The molecule has 0 unspecified atom stereocenters. The number of hydrogen-bond donors (Lipinski definition) is 1. The maximum atomic E-state index is 9.42. The third-order valence-corrected chi connectivity index (χ3v) is 3.22. The van der Waals surface area contributed by atoms with Gasteiger partial charge in [-0.3, -0.25) is 9.67 Å². The molecule has 5 heteroatoms. The van der Waals surface area contributed by atoms with Crippen LogP contribution in [0, 0.1) is 0 Å². The van der Waals surface area contributed by atoms with E-state index < -0.39 is 0 Å². The van der Waals surface area contributed by atoms with Gasteiger partial charge in [0.05, 0.1) is 18.4 Å². The monoisotopic (exact) mass is 245 g/mol.